The highest BCUT2D eigenvalue weighted by atomic mass is 35.5. The molecule has 0 spiro atoms. The average molecular weight is 373 g/mol. The highest BCUT2D eigenvalue weighted by Crippen LogP contribution is 2.19. The molecule has 0 saturated carbocycles. The zero-order chi connectivity index (χ0) is 17.2. The Morgan fingerprint density at radius 2 is 1.44 bits per heavy atom. The van der Waals surface area contributed by atoms with Crippen LogP contribution in [0.3, 0.4) is 0 Å². The molecular formula is C16H10Cl2N6O. The number of hydrogen-bond acceptors (Lipinski definition) is 6. The van der Waals surface area contributed by atoms with E-state index < -0.39 is 0 Å². The lowest BCUT2D eigenvalue weighted by molar-refractivity contribution is 0.356. The topological polar surface area (TPSA) is 82.5 Å². The molecular weight excluding hydrogens is 363 g/mol. The van der Waals surface area contributed by atoms with Crippen LogP contribution >= 0.6 is 23.2 Å². The predicted molar refractivity (Wildman–Crippen MR) is 92.1 cm³/mol. The Hall–Kier alpha value is -2.77. The van der Waals surface area contributed by atoms with Crippen molar-refractivity contribution in [2.24, 2.45) is 0 Å². The molecule has 0 atom stereocenters. The number of rotatable bonds is 4. The van der Waals surface area contributed by atoms with Crippen molar-refractivity contribution in [2.45, 2.75) is 6.54 Å². The zero-order valence-corrected chi connectivity index (χ0v) is 14.2. The van der Waals surface area contributed by atoms with Gasteiger partial charge < -0.3 is 4.52 Å². The van der Waals surface area contributed by atoms with E-state index in [1.54, 1.807) is 24.3 Å². The van der Waals surface area contributed by atoms with E-state index in [0.29, 0.717) is 27.6 Å². The molecule has 0 saturated heterocycles. The summed E-state index contributed by atoms with van der Waals surface area (Å²) in [6, 6.07) is 14.4. The number of aromatic nitrogens is 6. The molecule has 2 heterocycles. The van der Waals surface area contributed by atoms with E-state index in [4.69, 9.17) is 27.7 Å². The average Bonchev–Trinajstić information content (AvgIpc) is 3.27. The molecule has 2 aromatic carbocycles. The van der Waals surface area contributed by atoms with Crippen LogP contribution in [0.25, 0.3) is 22.8 Å². The van der Waals surface area contributed by atoms with Crippen LogP contribution in [0.2, 0.25) is 10.0 Å². The standard InChI is InChI=1S/C16H10Cl2N6O/c17-12-5-1-10(2-6-12)15-19-14(25-22-15)9-24-21-16(20-23-24)11-3-7-13(18)8-4-11/h1-8H,9H2. The normalized spacial score (nSPS) is 11.0. The van der Waals surface area contributed by atoms with E-state index in [1.807, 2.05) is 24.3 Å². The lowest BCUT2D eigenvalue weighted by atomic mass is 10.2. The third-order valence-corrected chi connectivity index (χ3v) is 3.91. The van der Waals surface area contributed by atoms with Gasteiger partial charge in [0.05, 0.1) is 0 Å². The van der Waals surface area contributed by atoms with E-state index in [9.17, 15) is 0 Å². The Kier molecular flexibility index (Phi) is 4.17. The van der Waals surface area contributed by atoms with Gasteiger partial charge in [0, 0.05) is 21.2 Å². The van der Waals surface area contributed by atoms with Crippen LogP contribution in [0.4, 0.5) is 0 Å². The second-order valence-electron chi connectivity index (χ2n) is 5.17. The molecule has 124 valence electrons. The zero-order valence-electron chi connectivity index (χ0n) is 12.7. The van der Waals surface area contributed by atoms with E-state index in [1.165, 1.54) is 4.80 Å². The quantitative estimate of drug-likeness (QED) is 0.542. The molecule has 25 heavy (non-hydrogen) atoms. The van der Waals surface area contributed by atoms with Crippen molar-refractivity contribution >= 4 is 23.2 Å². The van der Waals surface area contributed by atoms with Crippen molar-refractivity contribution in [3.63, 3.8) is 0 Å². The molecule has 4 rings (SSSR count). The van der Waals surface area contributed by atoms with Gasteiger partial charge in [-0.15, -0.1) is 10.2 Å². The fourth-order valence-corrected chi connectivity index (χ4v) is 2.43. The molecule has 4 aromatic rings. The molecule has 9 heteroatoms. The molecule has 0 aliphatic heterocycles. The maximum Gasteiger partial charge on any atom is 0.250 e. The van der Waals surface area contributed by atoms with Crippen LogP contribution in [0.15, 0.2) is 53.1 Å². The lowest BCUT2D eigenvalue weighted by Crippen LogP contribution is -2.04. The minimum Gasteiger partial charge on any atom is -0.337 e. The van der Waals surface area contributed by atoms with Gasteiger partial charge in [-0.1, -0.05) is 28.4 Å². The van der Waals surface area contributed by atoms with Crippen LogP contribution in [0, 0.1) is 0 Å². The molecule has 0 fully saturated rings. The van der Waals surface area contributed by atoms with Crippen LogP contribution < -0.4 is 0 Å². The second kappa shape index (κ2) is 6.62. The molecule has 0 aliphatic rings. The van der Waals surface area contributed by atoms with Crippen molar-refractivity contribution < 1.29 is 4.52 Å². The predicted octanol–water partition coefficient (Wildman–Crippen LogP) is 3.75. The number of nitrogens with zero attached hydrogens (tertiary/aromatic N) is 6. The molecule has 0 radical (unpaired) electrons. The van der Waals surface area contributed by atoms with E-state index >= 15 is 0 Å². The third-order valence-electron chi connectivity index (χ3n) is 3.40. The van der Waals surface area contributed by atoms with E-state index in [0.717, 1.165) is 11.1 Å². The van der Waals surface area contributed by atoms with Crippen molar-refractivity contribution in [2.75, 3.05) is 0 Å². The largest absolute Gasteiger partial charge is 0.337 e. The van der Waals surface area contributed by atoms with Gasteiger partial charge in [-0.3, -0.25) is 0 Å². The minimum atomic E-state index is 0.223. The van der Waals surface area contributed by atoms with Gasteiger partial charge >= 0.3 is 0 Å². The molecule has 0 aliphatic carbocycles. The monoisotopic (exact) mass is 372 g/mol. The van der Waals surface area contributed by atoms with Gasteiger partial charge in [0.2, 0.25) is 11.6 Å². The van der Waals surface area contributed by atoms with Crippen LogP contribution in [-0.4, -0.2) is 30.3 Å². The first kappa shape index (κ1) is 15.7. The summed E-state index contributed by atoms with van der Waals surface area (Å²) in [5.41, 5.74) is 1.64. The van der Waals surface area contributed by atoms with Gasteiger partial charge in [0.15, 0.2) is 0 Å². The van der Waals surface area contributed by atoms with Crippen LogP contribution in [-0.2, 0) is 6.54 Å². The summed E-state index contributed by atoms with van der Waals surface area (Å²) in [5, 5.41) is 17.6. The van der Waals surface area contributed by atoms with Gasteiger partial charge in [0.25, 0.3) is 5.89 Å². The highest BCUT2D eigenvalue weighted by Gasteiger charge is 2.12. The van der Waals surface area contributed by atoms with Crippen molar-refractivity contribution in [1.82, 2.24) is 30.3 Å². The Labute approximate surface area is 152 Å². The summed E-state index contributed by atoms with van der Waals surface area (Å²) < 4.78 is 5.24. The summed E-state index contributed by atoms with van der Waals surface area (Å²) in [6.07, 6.45) is 0. The van der Waals surface area contributed by atoms with Gasteiger partial charge in [-0.05, 0) is 53.7 Å². The first-order valence-electron chi connectivity index (χ1n) is 7.30. The summed E-state index contributed by atoms with van der Waals surface area (Å²) in [7, 11) is 0. The van der Waals surface area contributed by atoms with Gasteiger partial charge in [0.1, 0.15) is 6.54 Å². The summed E-state index contributed by atoms with van der Waals surface area (Å²) in [6.45, 7) is 0.223. The minimum absolute atomic E-state index is 0.223. The molecule has 0 bridgehead atoms. The summed E-state index contributed by atoms with van der Waals surface area (Å²) >= 11 is 11.8. The number of halogens is 2. The Morgan fingerprint density at radius 3 is 2.08 bits per heavy atom. The maximum atomic E-state index is 5.88. The lowest BCUT2D eigenvalue weighted by Gasteiger charge is -1.94. The van der Waals surface area contributed by atoms with E-state index in [-0.39, 0.29) is 6.54 Å². The Bertz CT molecular complexity index is 912. The fraction of sp³-hybridized carbons (Fsp3) is 0.0625. The first-order chi connectivity index (χ1) is 12.2. The summed E-state index contributed by atoms with van der Waals surface area (Å²) in [5.74, 6) is 1.35. The Balaban J connectivity index is 1.51. The molecule has 0 N–H and O–H groups in total. The fourth-order valence-electron chi connectivity index (χ4n) is 2.18. The third kappa shape index (κ3) is 3.52. The molecule has 2 aromatic heterocycles. The van der Waals surface area contributed by atoms with Crippen molar-refractivity contribution in [3.8, 4) is 22.8 Å². The number of hydrogen-bond donors (Lipinski definition) is 0. The smallest absolute Gasteiger partial charge is 0.250 e. The maximum absolute atomic E-state index is 5.88. The van der Waals surface area contributed by atoms with Gasteiger partial charge in [-0.25, -0.2) is 0 Å². The molecule has 0 unspecified atom stereocenters. The molecule has 7 nitrogen and oxygen atoms in total. The number of tetrazole rings is 1. The van der Waals surface area contributed by atoms with Crippen LogP contribution in [0.5, 0.6) is 0 Å². The highest BCUT2D eigenvalue weighted by molar-refractivity contribution is 6.30. The SMILES string of the molecule is Clc1ccc(-c2noc(Cn3nnc(-c4ccc(Cl)cc4)n3)n2)cc1. The Morgan fingerprint density at radius 1 is 0.840 bits per heavy atom. The number of benzene rings is 2. The summed E-state index contributed by atoms with van der Waals surface area (Å²) in [4.78, 5) is 5.72. The van der Waals surface area contributed by atoms with Crippen LogP contribution in [0.1, 0.15) is 5.89 Å². The van der Waals surface area contributed by atoms with Gasteiger partial charge in [-0.2, -0.15) is 9.78 Å². The molecule has 0 amide bonds. The van der Waals surface area contributed by atoms with Crippen molar-refractivity contribution in [3.05, 3.63) is 64.5 Å². The second-order valence-corrected chi connectivity index (χ2v) is 6.04. The first-order valence-corrected chi connectivity index (χ1v) is 8.05. The van der Waals surface area contributed by atoms with E-state index in [2.05, 4.69) is 25.6 Å². The van der Waals surface area contributed by atoms with Crippen molar-refractivity contribution in [1.29, 1.82) is 0 Å².